The Morgan fingerprint density at radius 1 is 0.422 bits per heavy atom. The maximum atomic E-state index is 13.0. The van der Waals surface area contributed by atoms with Crippen molar-refractivity contribution in [2.75, 3.05) is 40.9 Å². The maximum Gasteiger partial charge on any atom is 0.268 e. The van der Waals surface area contributed by atoms with Gasteiger partial charge in [-0.2, -0.15) is 0 Å². The van der Waals surface area contributed by atoms with Gasteiger partial charge >= 0.3 is 0 Å². The summed E-state index contributed by atoms with van der Waals surface area (Å²) in [7, 11) is 1.26. The molecule has 0 spiro atoms. The molecule has 1 amide bonds. The predicted octanol–water partition coefficient (Wildman–Crippen LogP) is 22.5. The number of nitrogens with one attached hydrogen (secondary N) is 1. The Kier molecular flexibility index (Phi) is 63.3. The van der Waals surface area contributed by atoms with Gasteiger partial charge in [0.15, 0.2) is 0 Å². The van der Waals surface area contributed by atoms with Gasteiger partial charge in [-0.05, 0) is 70.6 Å². The van der Waals surface area contributed by atoms with Crippen molar-refractivity contribution in [3.05, 3.63) is 60.8 Å². The molecule has 3 atom stereocenters. The Morgan fingerprint density at radius 3 is 1.06 bits per heavy atom. The molecule has 0 aliphatic heterocycles. The summed E-state index contributed by atoms with van der Waals surface area (Å²) >= 11 is 0. The van der Waals surface area contributed by atoms with Crippen molar-refractivity contribution in [2.24, 2.45) is 0 Å². The smallest absolute Gasteiger partial charge is 0.268 e. The minimum atomic E-state index is -4.61. The van der Waals surface area contributed by atoms with Crippen LogP contribution in [-0.2, 0) is 18.4 Å². The molecule has 0 fully saturated rings. The lowest BCUT2D eigenvalue weighted by atomic mass is 10.0. The van der Waals surface area contributed by atoms with Gasteiger partial charge in [0.2, 0.25) is 5.91 Å². The lowest BCUT2D eigenvalue weighted by Gasteiger charge is -2.29. The van der Waals surface area contributed by atoms with Gasteiger partial charge in [-0.25, -0.2) is 0 Å². The number of likely N-dealkylation sites (N-methyl/N-ethyl adjacent to an activating group) is 1. The van der Waals surface area contributed by atoms with Crippen molar-refractivity contribution in [3.63, 3.8) is 0 Å². The monoisotopic (exact) mass is 1190 g/mol. The number of hydrogen-bond acceptors (Lipinski definition) is 6. The fraction of sp³-hybridized carbons (Fsp3) is 0.851. The van der Waals surface area contributed by atoms with E-state index in [2.05, 4.69) is 67.8 Å². The highest BCUT2D eigenvalue weighted by atomic mass is 31.2. The number of amides is 1. The molecule has 8 nitrogen and oxygen atoms in total. The van der Waals surface area contributed by atoms with Crippen LogP contribution in [-0.4, -0.2) is 68.5 Å². The minimum absolute atomic E-state index is 0.00592. The molecule has 0 saturated heterocycles. The van der Waals surface area contributed by atoms with Crippen LogP contribution >= 0.6 is 7.82 Å². The first kappa shape index (κ1) is 81.2. The Labute approximate surface area is 517 Å². The van der Waals surface area contributed by atoms with Crippen molar-refractivity contribution in [1.29, 1.82) is 0 Å². The van der Waals surface area contributed by atoms with Crippen molar-refractivity contribution in [3.8, 4) is 0 Å². The fourth-order valence-corrected chi connectivity index (χ4v) is 11.6. The van der Waals surface area contributed by atoms with Gasteiger partial charge < -0.3 is 28.8 Å². The van der Waals surface area contributed by atoms with E-state index >= 15 is 0 Å². The van der Waals surface area contributed by atoms with Crippen LogP contribution in [0.4, 0.5) is 0 Å². The van der Waals surface area contributed by atoms with E-state index in [1.54, 1.807) is 6.08 Å². The molecule has 0 aromatic rings. The van der Waals surface area contributed by atoms with Crippen LogP contribution in [0.5, 0.6) is 0 Å². The summed E-state index contributed by atoms with van der Waals surface area (Å²) in [4.78, 5) is 25.6. The van der Waals surface area contributed by atoms with Crippen molar-refractivity contribution >= 4 is 13.7 Å². The molecule has 0 rings (SSSR count). The minimum Gasteiger partial charge on any atom is -0.756 e. The average molecular weight is 1190 g/mol. The molecule has 0 heterocycles. The summed E-state index contributed by atoms with van der Waals surface area (Å²) in [5.41, 5.74) is 0. The van der Waals surface area contributed by atoms with Crippen molar-refractivity contribution in [2.45, 2.75) is 366 Å². The standard InChI is InChI=1S/C74H141N2O6P/c1-6-8-10-12-14-16-18-20-22-24-26-28-30-32-34-35-36-37-38-39-40-41-42-44-46-48-50-52-54-56-58-60-62-64-66-68-74(78)75-72(71-82-83(79,80)81-70-69-76(3,4)5)73(77)67-65-63-61-59-57-55-53-51-49-47-45-43-33-31-29-27-25-23-21-19-17-15-13-11-9-7-2/h18,20,24,26,30,32,57,59,65,67,72-73,77H,6-17,19,21-23,25,27-29,31,33-56,58,60-64,66,68-71H2,1-5H3,(H-,75,78,79,80)/b20-18-,26-24-,32-30-,59-57+,67-65+. The quantitative estimate of drug-likeness (QED) is 0.0272. The number of unbranched alkanes of at least 4 members (excludes halogenated alkanes) is 46. The summed E-state index contributed by atoms with van der Waals surface area (Å²) in [5.74, 6) is -0.202. The van der Waals surface area contributed by atoms with Crippen LogP contribution in [0.2, 0.25) is 0 Å². The molecular weight excluding hydrogens is 1040 g/mol. The fourth-order valence-electron chi connectivity index (χ4n) is 10.8. The lowest BCUT2D eigenvalue weighted by molar-refractivity contribution is -0.870. The van der Waals surface area contributed by atoms with Gasteiger partial charge in [0, 0.05) is 6.42 Å². The van der Waals surface area contributed by atoms with Gasteiger partial charge in [-0.1, -0.05) is 338 Å². The molecule has 2 N–H and O–H groups in total. The highest BCUT2D eigenvalue weighted by Gasteiger charge is 2.23. The van der Waals surface area contributed by atoms with Gasteiger partial charge in [-0.15, -0.1) is 0 Å². The number of rotatable bonds is 67. The first-order chi connectivity index (χ1) is 40.5. The maximum absolute atomic E-state index is 13.0. The molecule has 488 valence electrons. The number of allylic oxidation sites excluding steroid dienone is 9. The molecule has 83 heavy (non-hydrogen) atoms. The van der Waals surface area contributed by atoms with E-state index in [9.17, 15) is 19.4 Å². The Morgan fingerprint density at radius 2 is 0.711 bits per heavy atom. The molecule has 0 saturated carbocycles. The van der Waals surface area contributed by atoms with E-state index in [4.69, 9.17) is 9.05 Å². The van der Waals surface area contributed by atoms with Crippen LogP contribution in [0, 0.1) is 0 Å². The zero-order valence-electron chi connectivity index (χ0n) is 55.9. The largest absolute Gasteiger partial charge is 0.756 e. The molecule has 0 bridgehead atoms. The number of carbonyl (C=O) groups is 1. The van der Waals surface area contributed by atoms with Gasteiger partial charge in [0.25, 0.3) is 7.82 Å². The number of nitrogens with zero attached hydrogens (tertiary/aromatic N) is 1. The summed E-state index contributed by atoms with van der Waals surface area (Å²) < 4.78 is 23.5. The van der Waals surface area contributed by atoms with Gasteiger partial charge in [-0.3, -0.25) is 9.36 Å². The predicted molar refractivity (Wildman–Crippen MR) is 362 cm³/mol. The Balaban J connectivity index is 4.05. The molecular formula is C74H141N2O6P. The number of aliphatic hydroxyl groups is 1. The second-order valence-electron chi connectivity index (χ2n) is 25.9. The Hall–Kier alpha value is -1.80. The van der Waals surface area contributed by atoms with E-state index in [1.165, 1.54) is 283 Å². The molecule has 0 aromatic carbocycles. The third-order valence-electron chi connectivity index (χ3n) is 16.4. The molecule has 0 radical (unpaired) electrons. The second kappa shape index (κ2) is 64.7. The Bertz CT molecular complexity index is 1540. The van der Waals surface area contributed by atoms with Gasteiger partial charge in [0.1, 0.15) is 13.2 Å². The number of phosphoric acid groups is 1. The highest BCUT2D eigenvalue weighted by Crippen LogP contribution is 2.38. The third kappa shape index (κ3) is 67.6. The number of phosphoric ester groups is 1. The van der Waals surface area contributed by atoms with E-state index in [0.717, 1.165) is 51.4 Å². The first-order valence-electron chi connectivity index (χ1n) is 36.2. The van der Waals surface area contributed by atoms with Crippen LogP contribution in [0.15, 0.2) is 60.8 Å². The van der Waals surface area contributed by atoms with Crippen LogP contribution < -0.4 is 10.2 Å². The zero-order valence-corrected chi connectivity index (χ0v) is 56.8. The van der Waals surface area contributed by atoms with Crippen LogP contribution in [0.25, 0.3) is 0 Å². The highest BCUT2D eigenvalue weighted by molar-refractivity contribution is 7.45. The van der Waals surface area contributed by atoms with Crippen molar-refractivity contribution < 1.29 is 32.9 Å². The molecule has 0 aliphatic rings. The summed E-state index contributed by atoms with van der Waals surface area (Å²) in [5, 5.41) is 14.0. The second-order valence-corrected chi connectivity index (χ2v) is 27.3. The van der Waals surface area contributed by atoms with Gasteiger partial charge in [0.05, 0.1) is 39.9 Å². The van der Waals surface area contributed by atoms with E-state index in [0.29, 0.717) is 17.4 Å². The first-order valence-corrected chi connectivity index (χ1v) is 37.6. The summed E-state index contributed by atoms with van der Waals surface area (Å²) in [6, 6.07) is -0.906. The topological polar surface area (TPSA) is 108 Å². The molecule has 9 heteroatoms. The van der Waals surface area contributed by atoms with E-state index in [-0.39, 0.29) is 12.5 Å². The molecule has 0 aliphatic carbocycles. The molecule has 0 aromatic heterocycles. The third-order valence-corrected chi connectivity index (χ3v) is 17.4. The average Bonchev–Trinajstić information content (AvgIpc) is 3.49. The normalized spacial score (nSPS) is 14.0. The molecule has 3 unspecified atom stereocenters. The van der Waals surface area contributed by atoms with E-state index in [1.807, 2.05) is 27.2 Å². The van der Waals surface area contributed by atoms with Crippen LogP contribution in [0.1, 0.15) is 354 Å². The van der Waals surface area contributed by atoms with E-state index < -0.39 is 26.6 Å². The van der Waals surface area contributed by atoms with Crippen LogP contribution in [0.3, 0.4) is 0 Å². The number of hydrogen-bond donors (Lipinski definition) is 2. The summed E-state index contributed by atoms with van der Waals surface area (Å²) in [6.45, 7) is 4.67. The SMILES string of the molecule is CCCCCCC/C=C\C/C=C\C/C=C\CCCCCCCCCCCCCCCCCCCCCCC(=O)NC(COP(=O)([O-])OCC[N+](C)(C)C)C(O)/C=C/CC/C=C/CCCCCCCCCCCCCCCCCCCCCC. The number of quaternary nitrogens is 1. The van der Waals surface area contributed by atoms with Crippen molar-refractivity contribution in [1.82, 2.24) is 5.32 Å². The summed E-state index contributed by atoms with van der Waals surface area (Å²) in [6.07, 6.45) is 89.3. The number of aliphatic hydroxyl groups excluding tert-OH is 1. The lowest BCUT2D eigenvalue weighted by Crippen LogP contribution is -2.45. The zero-order chi connectivity index (χ0) is 60.5. The number of carbonyl (C=O) groups excluding carboxylic acids is 1.